The molecule has 0 saturated heterocycles. The Morgan fingerprint density at radius 3 is 2.65 bits per heavy atom. The van der Waals surface area contributed by atoms with Crippen molar-refractivity contribution < 1.29 is 0 Å². The number of alkyl halides is 1. The summed E-state index contributed by atoms with van der Waals surface area (Å²) in [5.41, 5.74) is 0.501. The zero-order valence-corrected chi connectivity index (χ0v) is 12.5. The summed E-state index contributed by atoms with van der Waals surface area (Å²) < 4.78 is 0. The summed E-state index contributed by atoms with van der Waals surface area (Å²) in [7, 11) is 0. The Morgan fingerprint density at radius 1 is 1.41 bits per heavy atom. The van der Waals surface area contributed by atoms with Crippen molar-refractivity contribution in [3.8, 4) is 0 Å². The molecule has 1 heterocycles. The standard InChI is InChI=1S/C14H23BrN2/c1-11(2)10-14(5-3-4-6-14)12(15)9-13-16-7-8-17-13/h7-8,11-12H,3-6,9-10H2,1-2H3,(H,16,17). The quantitative estimate of drug-likeness (QED) is 0.806. The van der Waals surface area contributed by atoms with Crippen molar-refractivity contribution in [2.75, 3.05) is 0 Å². The van der Waals surface area contributed by atoms with Crippen LogP contribution in [-0.2, 0) is 6.42 Å². The molecule has 0 radical (unpaired) electrons. The van der Waals surface area contributed by atoms with Crippen LogP contribution in [0.4, 0.5) is 0 Å². The van der Waals surface area contributed by atoms with E-state index in [1.165, 1.54) is 32.1 Å². The lowest BCUT2D eigenvalue weighted by atomic mass is 9.75. The van der Waals surface area contributed by atoms with Gasteiger partial charge in [-0.3, -0.25) is 0 Å². The molecular weight excluding hydrogens is 276 g/mol. The van der Waals surface area contributed by atoms with E-state index in [1.54, 1.807) is 0 Å². The second kappa shape index (κ2) is 5.55. The first kappa shape index (κ1) is 13.1. The van der Waals surface area contributed by atoms with Gasteiger partial charge in [-0.05, 0) is 30.6 Å². The van der Waals surface area contributed by atoms with Crippen molar-refractivity contribution in [2.24, 2.45) is 11.3 Å². The number of aromatic amines is 1. The molecule has 0 spiro atoms. The molecule has 0 aliphatic heterocycles. The van der Waals surface area contributed by atoms with Gasteiger partial charge in [0.05, 0.1) is 0 Å². The Balaban J connectivity index is 2.05. The molecule has 1 N–H and O–H groups in total. The van der Waals surface area contributed by atoms with Gasteiger partial charge in [0.25, 0.3) is 0 Å². The van der Waals surface area contributed by atoms with E-state index in [-0.39, 0.29) is 0 Å². The molecule has 1 aromatic rings. The van der Waals surface area contributed by atoms with E-state index in [2.05, 4.69) is 39.7 Å². The van der Waals surface area contributed by atoms with Crippen LogP contribution < -0.4 is 0 Å². The van der Waals surface area contributed by atoms with E-state index in [9.17, 15) is 0 Å². The van der Waals surface area contributed by atoms with E-state index in [0.29, 0.717) is 10.2 Å². The van der Waals surface area contributed by atoms with Crippen LogP contribution in [0.15, 0.2) is 12.4 Å². The first-order valence-corrected chi connectivity index (χ1v) is 7.66. The summed E-state index contributed by atoms with van der Waals surface area (Å²) in [5, 5.41) is 0. The molecule has 1 aromatic heterocycles. The second-order valence-electron chi connectivity index (χ2n) is 5.87. The van der Waals surface area contributed by atoms with Crippen molar-refractivity contribution in [3.63, 3.8) is 0 Å². The summed E-state index contributed by atoms with van der Waals surface area (Å²) >= 11 is 3.95. The molecule has 2 rings (SSSR count). The van der Waals surface area contributed by atoms with Crippen LogP contribution in [0.2, 0.25) is 0 Å². The number of hydrogen-bond acceptors (Lipinski definition) is 1. The van der Waals surface area contributed by atoms with Crippen molar-refractivity contribution in [1.29, 1.82) is 0 Å². The molecule has 1 unspecified atom stereocenters. The summed E-state index contributed by atoms with van der Waals surface area (Å²) in [6.45, 7) is 4.68. The van der Waals surface area contributed by atoms with Crippen LogP contribution in [-0.4, -0.2) is 14.8 Å². The minimum absolute atomic E-state index is 0.501. The van der Waals surface area contributed by atoms with Gasteiger partial charge < -0.3 is 4.98 Å². The smallest absolute Gasteiger partial charge is 0.107 e. The molecule has 1 fully saturated rings. The third-order valence-electron chi connectivity index (χ3n) is 4.01. The van der Waals surface area contributed by atoms with Crippen molar-refractivity contribution in [2.45, 2.75) is 57.2 Å². The van der Waals surface area contributed by atoms with E-state index < -0.39 is 0 Å². The summed E-state index contributed by atoms with van der Waals surface area (Å²) in [4.78, 5) is 8.13. The fraction of sp³-hybridized carbons (Fsp3) is 0.786. The number of halogens is 1. The number of nitrogens with one attached hydrogen (secondary N) is 1. The highest BCUT2D eigenvalue weighted by Gasteiger charge is 2.40. The minimum Gasteiger partial charge on any atom is -0.349 e. The summed E-state index contributed by atoms with van der Waals surface area (Å²) in [6.07, 6.45) is 11.7. The van der Waals surface area contributed by atoms with E-state index >= 15 is 0 Å². The Hall–Kier alpha value is -0.310. The van der Waals surface area contributed by atoms with Gasteiger partial charge in [0.15, 0.2) is 0 Å². The number of aromatic nitrogens is 2. The number of hydrogen-bond donors (Lipinski definition) is 1. The van der Waals surface area contributed by atoms with Crippen LogP contribution in [0.1, 0.15) is 51.8 Å². The van der Waals surface area contributed by atoms with Crippen molar-refractivity contribution in [1.82, 2.24) is 9.97 Å². The van der Waals surface area contributed by atoms with Crippen LogP contribution in [0.25, 0.3) is 0 Å². The van der Waals surface area contributed by atoms with Gasteiger partial charge in [0.1, 0.15) is 5.82 Å². The molecule has 1 saturated carbocycles. The van der Waals surface area contributed by atoms with Crippen LogP contribution in [0, 0.1) is 11.3 Å². The average molecular weight is 299 g/mol. The van der Waals surface area contributed by atoms with E-state index in [4.69, 9.17) is 0 Å². The third-order valence-corrected chi connectivity index (χ3v) is 5.30. The van der Waals surface area contributed by atoms with Crippen molar-refractivity contribution >= 4 is 15.9 Å². The Kier molecular flexibility index (Phi) is 4.29. The lowest BCUT2D eigenvalue weighted by molar-refractivity contribution is 0.227. The van der Waals surface area contributed by atoms with Crippen LogP contribution in [0.5, 0.6) is 0 Å². The number of imidazole rings is 1. The Morgan fingerprint density at radius 2 is 2.12 bits per heavy atom. The number of nitrogens with zero attached hydrogens (tertiary/aromatic N) is 1. The maximum absolute atomic E-state index is 4.35. The largest absolute Gasteiger partial charge is 0.349 e. The fourth-order valence-corrected chi connectivity index (χ4v) is 4.28. The predicted octanol–water partition coefficient (Wildman–Crippen LogP) is 4.32. The van der Waals surface area contributed by atoms with E-state index in [0.717, 1.165) is 18.2 Å². The summed E-state index contributed by atoms with van der Waals surface area (Å²) in [5.74, 6) is 1.90. The molecule has 0 amide bonds. The molecule has 96 valence electrons. The van der Waals surface area contributed by atoms with Gasteiger partial charge in [-0.1, -0.05) is 42.6 Å². The molecule has 1 aliphatic rings. The highest BCUT2D eigenvalue weighted by molar-refractivity contribution is 9.09. The monoisotopic (exact) mass is 298 g/mol. The number of H-pyrrole nitrogens is 1. The molecule has 1 atom stereocenters. The lowest BCUT2D eigenvalue weighted by Crippen LogP contribution is -2.31. The second-order valence-corrected chi connectivity index (χ2v) is 6.98. The van der Waals surface area contributed by atoms with Crippen LogP contribution in [0.3, 0.4) is 0 Å². The maximum atomic E-state index is 4.35. The van der Waals surface area contributed by atoms with Gasteiger partial charge in [-0.15, -0.1) is 0 Å². The highest BCUT2D eigenvalue weighted by atomic mass is 79.9. The lowest BCUT2D eigenvalue weighted by Gasteiger charge is -2.35. The van der Waals surface area contributed by atoms with Gasteiger partial charge in [-0.25, -0.2) is 4.98 Å². The zero-order valence-electron chi connectivity index (χ0n) is 10.9. The third kappa shape index (κ3) is 3.12. The molecule has 2 nitrogen and oxygen atoms in total. The molecule has 17 heavy (non-hydrogen) atoms. The first-order valence-electron chi connectivity index (χ1n) is 6.75. The SMILES string of the molecule is CC(C)CC1(C(Br)Cc2ncc[nH]2)CCCC1. The minimum atomic E-state index is 0.501. The van der Waals surface area contributed by atoms with Crippen molar-refractivity contribution in [3.05, 3.63) is 18.2 Å². The molecular formula is C14H23BrN2. The molecule has 1 aliphatic carbocycles. The molecule has 0 bridgehead atoms. The van der Waals surface area contributed by atoms with E-state index in [1.807, 2.05) is 12.4 Å². The average Bonchev–Trinajstić information content (AvgIpc) is 2.88. The van der Waals surface area contributed by atoms with Gasteiger partial charge >= 0.3 is 0 Å². The van der Waals surface area contributed by atoms with Gasteiger partial charge in [0.2, 0.25) is 0 Å². The van der Waals surface area contributed by atoms with Gasteiger partial charge in [0, 0.05) is 23.6 Å². The highest BCUT2D eigenvalue weighted by Crippen LogP contribution is 2.49. The maximum Gasteiger partial charge on any atom is 0.107 e. The summed E-state index contributed by atoms with van der Waals surface area (Å²) in [6, 6.07) is 0. The molecule has 0 aromatic carbocycles. The predicted molar refractivity (Wildman–Crippen MR) is 75.4 cm³/mol. The van der Waals surface area contributed by atoms with Gasteiger partial charge in [-0.2, -0.15) is 0 Å². The fourth-order valence-electron chi connectivity index (χ4n) is 3.33. The first-order chi connectivity index (χ1) is 8.12. The zero-order chi connectivity index (χ0) is 12.3. The molecule has 3 heteroatoms. The Labute approximate surface area is 113 Å². The topological polar surface area (TPSA) is 28.7 Å². The van der Waals surface area contributed by atoms with Crippen LogP contribution >= 0.6 is 15.9 Å². The Bertz CT molecular complexity index is 326. The number of rotatable bonds is 5. The normalized spacial score (nSPS) is 20.9.